The molecule has 1 heteroatoms. The summed E-state index contributed by atoms with van der Waals surface area (Å²) in [6.07, 6.45) is 6.58. The van der Waals surface area contributed by atoms with Crippen LogP contribution in [0.15, 0.2) is 30.3 Å². The number of halogens is 1. The average molecular weight is 209 g/mol. The number of hydrogen-bond donors (Lipinski definition) is 0. The predicted molar refractivity (Wildman–Crippen MR) is 61.9 cm³/mol. The first-order valence-corrected chi connectivity index (χ1v) is 6.02. The van der Waals surface area contributed by atoms with Crippen LogP contribution in [0.5, 0.6) is 0 Å². The molecule has 2 rings (SSSR count). The van der Waals surface area contributed by atoms with Gasteiger partial charge in [0.15, 0.2) is 0 Å². The van der Waals surface area contributed by atoms with Gasteiger partial charge in [0.25, 0.3) is 0 Å². The molecule has 1 aliphatic rings. The highest BCUT2D eigenvalue weighted by Gasteiger charge is 2.32. The van der Waals surface area contributed by atoms with E-state index < -0.39 is 0 Å². The maximum absolute atomic E-state index is 6.17. The molecule has 0 aromatic heterocycles. The van der Waals surface area contributed by atoms with Crippen LogP contribution < -0.4 is 0 Å². The van der Waals surface area contributed by atoms with Gasteiger partial charge in [-0.2, -0.15) is 0 Å². The molecule has 1 aromatic rings. The van der Waals surface area contributed by atoms with Gasteiger partial charge in [-0.1, -0.05) is 49.6 Å². The maximum atomic E-state index is 6.17. The van der Waals surface area contributed by atoms with E-state index >= 15 is 0 Å². The highest BCUT2D eigenvalue weighted by molar-refractivity contribution is 6.18. The second-order valence-corrected chi connectivity index (χ2v) is 4.61. The summed E-state index contributed by atoms with van der Waals surface area (Å²) >= 11 is 6.17. The van der Waals surface area contributed by atoms with Crippen molar-refractivity contribution < 1.29 is 0 Å². The molecule has 1 aliphatic carbocycles. The topological polar surface area (TPSA) is 0 Å². The van der Waals surface area contributed by atoms with Crippen LogP contribution in [0.1, 0.15) is 37.7 Å². The fraction of sp³-hybridized carbons (Fsp3) is 0.538. The summed E-state index contributed by atoms with van der Waals surface area (Å²) in [6, 6.07) is 10.8. The highest BCUT2D eigenvalue weighted by Crippen LogP contribution is 2.40. The minimum Gasteiger partial charge on any atom is -0.126 e. The molecular formula is C13H17Cl. The van der Waals surface area contributed by atoms with Gasteiger partial charge in [0, 0.05) is 11.3 Å². The minimum absolute atomic E-state index is 0.279. The van der Waals surface area contributed by atoms with E-state index in [0.717, 1.165) is 5.88 Å². The minimum atomic E-state index is 0.279. The fourth-order valence-electron chi connectivity index (χ4n) is 2.52. The van der Waals surface area contributed by atoms with Gasteiger partial charge in [-0.05, 0) is 18.4 Å². The summed E-state index contributed by atoms with van der Waals surface area (Å²) in [4.78, 5) is 0. The Morgan fingerprint density at radius 2 is 1.64 bits per heavy atom. The lowest BCUT2D eigenvalue weighted by molar-refractivity contribution is 0.324. The van der Waals surface area contributed by atoms with Gasteiger partial charge in [-0.3, -0.25) is 0 Å². The molecular weight excluding hydrogens is 192 g/mol. The van der Waals surface area contributed by atoms with Gasteiger partial charge in [0.1, 0.15) is 0 Å². The van der Waals surface area contributed by atoms with Crippen molar-refractivity contribution in [1.82, 2.24) is 0 Å². The standard InChI is InChI=1S/C13H17Cl/c14-11-13(9-5-2-6-10-13)12-7-3-1-4-8-12/h1,3-4,7-8H,2,5-6,9-11H2. The first-order chi connectivity index (χ1) is 6.87. The quantitative estimate of drug-likeness (QED) is 0.642. The van der Waals surface area contributed by atoms with E-state index in [0.29, 0.717) is 0 Å². The summed E-state index contributed by atoms with van der Waals surface area (Å²) in [5.41, 5.74) is 1.72. The molecule has 0 saturated heterocycles. The Labute approximate surface area is 91.3 Å². The van der Waals surface area contributed by atoms with Crippen LogP contribution in [0.3, 0.4) is 0 Å². The van der Waals surface area contributed by atoms with Crippen LogP contribution in [-0.2, 0) is 5.41 Å². The Bertz CT molecular complexity index is 273. The summed E-state index contributed by atoms with van der Waals surface area (Å²) in [7, 11) is 0. The Hall–Kier alpha value is -0.490. The summed E-state index contributed by atoms with van der Waals surface area (Å²) in [5.74, 6) is 0.775. The lowest BCUT2D eigenvalue weighted by Gasteiger charge is -2.36. The normalized spacial score (nSPS) is 20.6. The molecule has 1 fully saturated rings. The van der Waals surface area contributed by atoms with Crippen molar-refractivity contribution in [3.05, 3.63) is 35.9 Å². The van der Waals surface area contributed by atoms with E-state index in [-0.39, 0.29) is 5.41 Å². The van der Waals surface area contributed by atoms with Crippen molar-refractivity contribution in [3.8, 4) is 0 Å². The molecule has 0 unspecified atom stereocenters. The zero-order chi connectivity index (χ0) is 9.86. The SMILES string of the molecule is ClCC1(c2ccccc2)CCCCC1. The number of alkyl halides is 1. The number of benzene rings is 1. The van der Waals surface area contributed by atoms with Gasteiger partial charge >= 0.3 is 0 Å². The van der Waals surface area contributed by atoms with E-state index in [2.05, 4.69) is 30.3 Å². The predicted octanol–water partition coefficient (Wildman–Crippen LogP) is 4.13. The molecule has 14 heavy (non-hydrogen) atoms. The Balaban J connectivity index is 2.27. The maximum Gasteiger partial charge on any atom is 0.0320 e. The van der Waals surface area contributed by atoms with Crippen LogP contribution >= 0.6 is 11.6 Å². The largest absolute Gasteiger partial charge is 0.126 e. The molecule has 0 N–H and O–H groups in total. The monoisotopic (exact) mass is 208 g/mol. The Morgan fingerprint density at radius 3 is 2.21 bits per heavy atom. The van der Waals surface area contributed by atoms with Gasteiger partial charge in [-0.15, -0.1) is 11.6 Å². The van der Waals surface area contributed by atoms with Gasteiger partial charge < -0.3 is 0 Å². The Kier molecular flexibility index (Phi) is 3.12. The van der Waals surface area contributed by atoms with Crippen LogP contribution in [0.25, 0.3) is 0 Å². The summed E-state index contributed by atoms with van der Waals surface area (Å²) in [5, 5.41) is 0. The second-order valence-electron chi connectivity index (χ2n) is 4.34. The molecule has 76 valence electrons. The second kappa shape index (κ2) is 4.35. The molecule has 0 nitrogen and oxygen atoms in total. The molecule has 1 saturated carbocycles. The zero-order valence-corrected chi connectivity index (χ0v) is 9.26. The number of hydrogen-bond acceptors (Lipinski definition) is 0. The van der Waals surface area contributed by atoms with E-state index in [4.69, 9.17) is 11.6 Å². The molecule has 0 amide bonds. The third-order valence-corrected chi connectivity index (χ3v) is 3.96. The Morgan fingerprint density at radius 1 is 1.00 bits per heavy atom. The summed E-state index contributed by atoms with van der Waals surface area (Å²) in [6.45, 7) is 0. The van der Waals surface area contributed by atoms with Crippen molar-refractivity contribution in [1.29, 1.82) is 0 Å². The van der Waals surface area contributed by atoms with Crippen LogP contribution in [0.4, 0.5) is 0 Å². The smallest absolute Gasteiger partial charge is 0.0320 e. The van der Waals surface area contributed by atoms with Gasteiger partial charge in [0.05, 0.1) is 0 Å². The van der Waals surface area contributed by atoms with Gasteiger partial charge in [0.2, 0.25) is 0 Å². The van der Waals surface area contributed by atoms with E-state index in [1.807, 2.05) is 0 Å². The average Bonchev–Trinajstić information content (AvgIpc) is 2.31. The number of rotatable bonds is 2. The van der Waals surface area contributed by atoms with Crippen LogP contribution in [0.2, 0.25) is 0 Å². The lowest BCUT2D eigenvalue weighted by atomic mass is 9.71. The fourth-order valence-corrected chi connectivity index (χ4v) is 2.94. The first kappa shape index (κ1) is 10.0. The first-order valence-electron chi connectivity index (χ1n) is 5.49. The van der Waals surface area contributed by atoms with E-state index in [9.17, 15) is 0 Å². The van der Waals surface area contributed by atoms with Gasteiger partial charge in [-0.25, -0.2) is 0 Å². The van der Waals surface area contributed by atoms with E-state index in [1.54, 1.807) is 0 Å². The third-order valence-electron chi connectivity index (χ3n) is 3.45. The summed E-state index contributed by atoms with van der Waals surface area (Å²) < 4.78 is 0. The van der Waals surface area contributed by atoms with Crippen LogP contribution in [0, 0.1) is 0 Å². The van der Waals surface area contributed by atoms with Crippen molar-refractivity contribution >= 4 is 11.6 Å². The lowest BCUT2D eigenvalue weighted by Crippen LogP contribution is -2.30. The molecule has 0 atom stereocenters. The molecule has 0 aliphatic heterocycles. The highest BCUT2D eigenvalue weighted by atomic mass is 35.5. The molecule has 0 bridgehead atoms. The van der Waals surface area contributed by atoms with Crippen molar-refractivity contribution in [2.75, 3.05) is 5.88 Å². The molecule has 0 heterocycles. The van der Waals surface area contributed by atoms with Crippen molar-refractivity contribution in [2.24, 2.45) is 0 Å². The molecule has 0 spiro atoms. The van der Waals surface area contributed by atoms with E-state index in [1.165, 1.54) is 37.7 Å². The molecule has 1 aromatic carbocycles. The third kappa shape index (κ3) is 1.81. The van der Waals surface area contributed by atoms with Crippen molar-refractivity contribution in [3.63, 3.8) is 0 Å². The van der Waals surface area contributed by atoms with Crippen molar-refractivity contribution in [2.45, 2.75) is 37.5 Å². The zero-order valence-electron chi connectivity index (χ0n) is 8.51. The molecule has 0 radical (unpaired) electrons. The van der Waals surface area contributed by atoms with Crippen LogP contribution in [-0.4, -0.2) is 5.88 Å².